The van der Waals surface area contributed by atoms with Gasteiger partial charge in [0.2, 0.25) is 11.8 Å². The highest BCUT2D eigenvalue weighted by molar-refractivity contribution is 6.02. The summed E-state index contributed by atoms with van der Waals surface area (Å²) in [7, 11) is 1.47. The van der Waals surface area contributed by atoms with E-state index in [0.29, 0.717) is 29.2 Å². The molecule has 1 aliphatic heterocycles. The van der Waals surface area contributed by atoms with Gasteiger partial charge in [-0.1, -0.05) is 36.4 Å². The molecule has 0 saturated carbocycles. The third kappa shape index (κ3) is 7.10. The lowest BCUT2D eigenvalue weighted by Crippen LogP contribution is -2.36. The van der Waals surface area contributed by atoms with Crippen LogP contribution in [0.1, 0.15) is 30.0 Å². The number of hydrogen-bond acceptors (Lipinski definition) is 6. The number of carbonyl (C=O) groups is 4. The van der Waals surface area contributed by atoms with Crippen LogP contribution >= 0.6 is 0 Å². The van der Waals surface area contributed by atoms with Gasteiger partial charge in [0.25, 0.3) is 0 Å². The fourth-order valence-electron chi connectivity index (χ4n) is 4.35. The second-order valence-electron chi connectivity index (χ2n) is 9.03. The molecule has 4 N–H and O–H groups in total. The van der Waals surface area contributed by atoms with Crippen LogP contribution in [0.4, 0.5) is 16.2 Å². The first kappa shape index (κ1) is 27.1. The maximum atomic E-state index is 13.1. The van der Waals surface area contributed by atoms with Gasteiger partial charge < -0.3 is 30.7 Å². The lowest BCUT2D eigenvalue weighted by molar-refractivity contribution is -0.138. The van der Waals surface area contributed by atoms with E-state index in [9.17, 15) is 24.3 Å². The van der Waals surface area contributed by atoms with Crippen molar-refractivity contribution in [3.8, 4) is 5.75 Å². The summed E-state index contributed by atoms with van der Waals surface area (Å²) in [6, 6.07) is 16.5. The maximum Gasteiger partial charge on any atom is 0.319 e. The molecule has 4 rings (SSSR count). The highest BCUT2D eigenvalue weighted by Crippen LogP contribution is 2.35. The third-order valence-corrected chi connectivity index (χ3v) is 6.30. The first-order valence-corrected chi connectivity index (χ1v) is 12.3. The first-order valence-electron chi connectivity index (χ1n) is 12.3. The van der Waals surface area contributed by atoms with Crippen LogP contribution in [-0.4, -0.2) is 47.6 Å². The van der Waals surface area contributed by atoms with Gasteiger partial charge in [-0.05, 0) is 35.4 Å². The van der Waals surface area contributed by atoms with Crippen molar-refractivity contribution in [2.45, 2.75) is 25.4 Å². The number of rotatable bonds is 10. The first-order chi connectivity index (χ1) is 18.8. The lowest BCUT2D eigenvalue weighted by Gasteiger charge is -2.22. The van der Waals surface area contributed by atoms with E-state index in [2.05, 4.69) is 20.9 Å². The number of urea groups is 1. The molecule has 1 aromatic heterocycles. The van der Waals surface area contributed by atoms with Crippen LogP contribution in [0.2, 0.25) is 0 Å². The Morgan fingerprint density at radius 2 is 1.92 bits per heavy atom. The Bertz CT molecular complexity index is 1330. The number of anilines is 2. The fourth-order valence-corrected chi connectivity index (χ4v) is 4.35. The van der Waals surface area contributed by atoms with E-state index < -0.39 is 29.9 Å². The molecule has 2 heterocycles. The monoisotopic (exact) mass is 531 g/mol. The molecule has 3 aromatic rings. The highest BCUT2D eigenvalue weighted by Gasteiger charge is 2.37. The molecule has 1 saturated heterocycles. The Labute approximate surface area is 225 Å². The molecule has 202 valence electrons. The number of aliphatic carboxylic acids is 1. The molecule has 2 unspecified atom stereocenters. The molecule has 1 aliphatic rings. The normalized spacial score (nSPS) is 15.4. The van der Waals surface area contributed by atoms with Crippen molar-refractivity contribution in [3.05, 3.63) is 84.2 Å². The van der Waals surface area contributed by atoms with Crippen molar-refractivity contribution in [2.75, 3.05) is 23.9 Å². The number of nitrogens with zero attached hydrogens (tertiary/aromatic N) is 2. The number of carboxylic acids is 1. The molecular formula is C28H29N5O6. The Hall–Kier alpha value is -4.93. The number of nitrogens with one attached hydrogen (secondary N) is 3. The zero-order valence-electron chi connectivity index (χ0n) is 21.3. The fraction of sp³-hybridized carbons (Fsp3) is 0.250. The van der Waals surface area contributed by atoms with Crippen molar-refractivity contribution in [2.24, 2.45) is 5.92 Å². The molecule has 2 aromatic carbocycles. The minimum absolute atomic E-state index is 0.0585. The average molecular weight is 532 g/mol. The Kier molecular flexibility index (Phi) is 8.72. The highest BCUT2D eigenvalue weighted by atomic mass is 16.5. The molecule has 11 heteroatoms. The van der Waals surface area contributed by atoms with Gasteiger partial charge in [-0.25, -0.2) is 4.79 Å². The number of pyridine rings is 1. The summed E-state index contributed by atoms with van der Waals surface area (Å²) in [6.45, 7) is 0.413. The molecule has 1 fully saturated rings. The van der Waals surface area contributed by atoms with E-state index in [1.54, 1.807) is 36.5 Å². The minimum Gasteiger partial charge on any atom is -0.495 e. The van der Waals surface area contributed by atoms with Gasteiger partial charge in [0.15, 0.2) is 0 Å². The van der Waals surface area contributed by atoms with Crippen LogP contribution in [0, 0.1) is 5.92 Å². The van der Waals surface area contributed by atoms with Crippen molar-refractivity contribution < 1.29 is 29.0 Å². The van der Waals surface area contributed by atoms with E-state index in [1.807, 2.05) is 30.3 Å². The van der Waals surface area contributed by atoms with Crippen LogP contribution in [0.25, 0.3) is 0 Å². The Morgan fingerprint density at radius 1 is 1.13 bits per heavy atom. The number of benzene rings is 2. The second kappa shape index (κ2) is 12.5. The summed E-state index contributed by atoms with van der Waals surface area (Å²) in [4.78, 5) is 55.3. The van der Waals surface area contributed by atoms with E-state index in [-0.39, 0.29) is 25.3 Å². The average Bonchev–Trinajstić information content (AvgIpc) is 3.34. The van der Waals surface area contributed by atoms with Crippen LogP contribution < -0.4 is 25.6 Å². The van der Waals surface area contributed by atoms with E-state index >= 15 is 0 Å². The van der Waals surface area contributed by atoms with Gasteiger partial charge in [0, 0.05) is 37.6 Å². The molecule has 2 atom stereocenters. The third-order valence-electron chi connectivity index (χ3n) is 6.30. The zero-order chi connectivity index (χ0) is 27.8. The van der Waals surface area contributed by atoms with Gasteiger partial charge in [0.05, 0.1) is 31.2 Å². The summed E-state index contributed by atoms with van der Waals surface area (Å²) in [5.74, 6) is -2.11. The molecule has 4 amide bonds. The number of methoxy groups -OCH3 is 1. The lowest BCUT2D eigenvalue weighted by atomic mass is 10.0. The number of ether oxygens (including phenoxy) is 1. The number of hydrogen-bond donors (Lipinski definition) is 4. The van der Waals surface area contributed by atoms with Crippen molar-refractivity contribution >= 4 is 35.2 Å². The predicted molar refractivity (Wildman–Crippen MR) is 143 cm³/mol. The van der Waals surface area contributed by atoms with Crippen molar-refractivity contribution in [3.63, 3.8) is 0 Å². The standard InChI is InChI=1S/C28H29N5O6/c1-39-24-10-9-21(31-28(38)30-15-18-6-3-2-4-7-18)13-23(24)33-17-20(12-25(33)34)27(37)32-22(14-26(35)36)19-8-5-11-29-16-19/h2-11,13,16,20,22H,12,14-15,17H2,1H3,(H,32,37)(H,35,36)(H2,30,31,38). The van der Waals surface area contributed by atoms with Gasteiger partial charge >= 0.3 is 12.0 Å². The van der Waals surface area contributed by atoms with Gasteiger partial charge in [0.1, 0.15) is 5.75 Å². The predicted octanol–water partition coefficient (Wildman–Crippen LogP) is 3.10. The molecule has 0 bridgehead atoms. The number of carbonyl (C=O) groups excluding carboxylic acids is 3. The number of amides is 4. The maximum absolute atomic E-state index is 13.1. The summed E-state index contributed by atoms with van der Waals surface area (Å²) in [6.07, 6.45) is 2.67. The second-order valence-corrected chi connectivity index (χ2v) is 9.03. The van der Waals surface area contributed by atoms with Gasteiger partial charge in [-0.3, -0.25) is 19.4 Å². The topological polar surface area (TPSA) is 150 Å². The smallest absolute Gasteiger partial charge is 0.319 e. The van der Waals surface area contributed by atoms with Crippen LogP contribution in [0.3, 0.4) is 0 Å². The van der Waals surface area contributed by atoms with Crippen molar-refractivity contribution in [1.29, 1.82) is 0 Å². The summed E-state index contributed by atoms with van der Waals surface area (Å²) < 4.78 is 5.44. The molecule has 0 spiro atoms. The Balaban J connectivity index is 1.44. The summed E-state index contributed by atoms with van der Waals surface area (Å²) in [5.41, 5.74) is 2.35. The summed E-state index contributed by atoms with van der Waals surface area (Å²) >= 11 is 0. The molecular weight excluding hydrogens is 502 g/mol. The SMILES string of the molecule is COc1ccc(NC(=O)NCc2ccccc2)cc1N1CC(C(=O)NC(CC(=O)O)c2cccnc2)CC1=O. The molecule has 11 nitrogen and oxygen atoms in total. The van der Waals surface area contributed by atoms with Gasteiger partial charge in [-0.15, -0.1) is 0 Å². The largest absolute Gasteiger partial charge is 0.495 e. The number of carboxylic acid groups (broad SMARTS) is 1. The number of aromatic nitrogens is 1. The van der Waals surface area contributed by atoms with Crippen molar-refractivity contribution in [1.82, 2.24) is 15.6 Å². The Morgan fingerprint density at radius 3 is 2.62 bits per heavy atom. The minimum atomic E-state index is -1.07. The quantitative estimate of drug-likeness (QED) is 0.314. The van der Waals surface area contributed by atoms with E-state index in [0.717, 1.165) is 5.56 Å². The molecule has 39 heavy (non-hydrogen) atoms. The van der Waals surface area contributed by atoms with Crippen LogP contribution in [0.15, 0.2) is 73.1 Å². The van der Waals surface area contributed by atoms with Crippen LogP contribution in [-0.2, 0) is 20.9 Å². The zero-order valence-corrected chi connectivity index (χ0v) is 21.3. The van der Waals surface area contributed by atoms with Crippen LogP contribution in [0.5, 0.6) is 5.75 Å². The van der Waals surface area contributed by atoms with E-state index in [4.69, 9.17) is 4.74 Å². The summed E-state index contributed by atoms with van der Waals surface area (Å²) in [5, 5.41) is 17.6. The van der Waals surface area contributed by atoms with E-state index in [1.165, 1.54) is 18.2 Å². The van der Waals surface area contributed by atoms with Gasteiger partial charge in [-0.2, -0.15) is 0 Å². The molecule has 0 radical (unpaired) electrons. The molecule has 0 aliphatic carbocycles.